The molecule has 8 amide bonds. The Morgan fingerprint density at radius 1 is 0.571 bits per heavy atom. The van der Waals surface area contributed by atoms with Crippen LogP contribution in [0.4, 0.5) is 0 Å². The van der Waals surface area contributed by atoms with Gasteiger partial charge < -0.3 is 73.4 Å². The number of carboxylic acid groups (broad SMARTS) is 1. The third-order valence-corrected chi connectivity index (χ3v) is 11.7. The smallest absolute Gasteiger partial charge is 0.327 e. The number of nitrogens with one attached hydrogen (secondary N) is 11. The summed E-state index contributed by atoms with van der Waals surface area (Å²) in [6.07, 6.45) is 9.71. The van der Waals surface area contributed by atoms with Crippen molar-refractivity contribution in [2.75, 3.05) is 30.1 Å². The molecule has 386 valence electrons. The summed E-state index contributed by atoms with van der Waals surface area (Å²) in [4.78, 5) is 141. The SMILES string of the molecule is CSCC[C@H](NC(=O)[C@H](Cc1cnc[nH]1)NC(=O)[C@H](Cc1cnc[nH]1)NC(=O)[C@H](Cc1cnc[nH]1)NC(=O)[C@H](C)NC(=O)[C@H](CO)NC(=O)[C@H](CC(C)C)NC(=O)[C@@H](N)CS)C(=O)N[C@@H](CS)C(=O)O. The van der Waals surface area contributed by atoms with Crippen LogP contribution in [-0.4, -0.2) is 178 Å². The molecule has 0 radical (unpaired) electrons. The van der Waals surface area contributed by atoms with Gasteiger partial charge in [-0.3, -0.25) is 38.4 Å². The Morgan fingerprint density at radius 2 is 0.957 bits per heavy atom. The van der Waals surface area contributed by atoms with Crippen molar-refractivity contribution in [2.45, 2.75) is 107 Å². The van der Waals surface area contributed by atoms with Crippen LogP contribution in [-0.2, 0) is 62.4 Å². The summed E-state index contributed by atoms with van der Waals surface area (Å²) < 4.78 is 0. The molecule has 70 heavy (non-hydrogen) atoms. The van der Waals surface area contributed by atoms with E-state index in [1.54, 1.807) is 20.1 Å². The molecular weight excluding hydrogens is 975 g/mol. The molecule has 0 aliphatic heterocycles. The van der Waals surface area contributed by atoms with E-state index in [1.807, 2.05) is 0 Å². The lowest BCUT2D eigenvalue weighted by atomic mass is 10.0. The number of nitrogens with two attached hydrogens (primary N) is 1. The molecule has 0 bridgehead atoms. The highest BCUT2D eigenvalue weighted by molar-refractivity contribution is 7.98. The van der Waals surface area contributed by atoms with Crippen molar-refractivity contribution < 1.29 is 53.4 Å². The maximum Gasteiger partial charge on any atom is 0.327 e. The Labute approximate surface area is 418 Å². The molecule has 0 aromatic carbocycles. The van der Waals surface area contributed by atoms with E-state index in [2.05, 4.69) is 97.7 Å². The van der Waals surface area contributed by atoms with Gasteiger partial charge in [-0.05, 0) is 37.7 Å². The number of aliphatic carboxylic acids is 1. The summed E-state index contributed by atoms with van der Waals surface area (Å²) in [6.45, 7) is 4.00. The molecular formula is C41H63N15O11S3. The fourth-order valence-electron chi connectivity index (χ4n) is 6.46. The molecule has 0 spiro atoms. The van der Waals surface area contributed by atoms with Crippen molar-refractivity contribution in [1.82, 2.24) is 72.4 Å². The third kappa shape index (κ3) is 19.3. The number of thioether (sulfide) groups is 1. The molecule has 3 aromatic heterocycles. The van der Waals surface area contributed by atoms with Crippen LogP contribution in [0.3, 0.4) is 0 Å². The number of thiol groups is 2. The number of aromatic nitrogens is 6. The van der Waals surface area contributed by atoms with Crippen LogP contribution >= 0.6 is 37.0 Å². The molecule has 0 saturated carbocycles. The quantitative estimate of drug-likeness (QED) is 0.0272. The predicted molar refractivity (Wildman–Crippen MR) is 261 cm³/mol. The Bertz CT molecular complexity index is 2170. The molecule has 9 atom stereocenters. The maximum absolute atomic E-state index is 14.3. The van der Waals surface area contributed by atoms with Crippen molar-refractivity contribution in [3.63, 3.8) is 0 Å². The molecule has 0 fully saturated rings. The van der Waals surface area contributed by atoms with Gasteiger partial charge in [0.1, 0.15) is 48.3 Å². The van der Waals surface area contributed by atoms with Crippen molar-refractivity contribution in [2.24, 2.45) is 11.7 Å². The van der Waals surface area contributed by atoms with Crippen LogP contribution in [0.25, 0.3) is 0 Å². The minimum atomic E-state index is -1.57. The Hall–Kier alpha value is -6.17. The number of rotatable bonds is 31. The van der Waals surface area contributed by atoms with Gasteiger partial charge >= 0.3 is 5.97 Å². The van der Waals surface area contributed by atoms with E-state index in [-0.39, 0.29) is 49.5 Å². The topological polar surface area (TPSA) is 402 Å². The number of hydrogen-bond acceptors (Lipinski definition) is 17. The van der Waals surface area contributed by atoms with E-state index in [9.17, 15) is 53.4 Å². The Kier molecular flexibility index (Phi) is 24.7. The number of H-pyrrole nitrogens is 3. The minimum absolute atomic E-state index is 0.00404. The first-order valence-electron chi connectivity index (χ1n) is 21.9. The van der Waals surface area contributed by atoms with E-state index >= 15 is 0 Å². The molecule has 0 aliphatic rings. The molecule has 29 heteroatoms. The van der Waals surface area contributed by atoms with Crippen molar-refractivity contribution in [3.8, 4) is 0 Å². The number of aliphatic hydroxyl groups is 1. The summed E-state index contributed by atoms with van der Waals surface area (Å²) in [6, 6.07) is -11.9. The molecule has 0 aliphatic carbocycles. The molecule has 0 unspecified atom stereocenters. The Balaban J connectivity index is 1.85. The third-order valence-electron chi connectivity index (χ3n) is 10.3. The Morgan fingerprint density at radius 3 is 1.34 bits per heavy atom. The highest BCUT2D eigenvalue weighted by Crippen LogP contribution is 2.10. The van der Waals surface area contributed by atoms with Crippen molar-refractivity contribution in [3.05, 3.63) is 54.7 Å². The van der Waals surface area contributed by atoms with Crippen LogP contribution in [0.15, 0.2) is 37.6 Å². The largest absolute Gasteiger partial charge is 0.480 e. The zero-order chi connectivity index (χ0) is 51.9. The number of carbonyl (C=O) groups excluding carboxylic acids is 8. The monoisotopic (exact) mass is 1040 g/mol. The van der Waals surface area contributed by atoms with E-state index in [0.717, 1.165) is 0 Å². The van der Waals surface area contributed by atoms with Crippen LogP contribution in [0.1, 0.15) is 50.7 Å². The van der Waals surface area contributed by atoms with Gasteiger partial charge in [0, 0.05) is 66.4 Å². The second-order valence-corrected chi connectivity index (χ2v) is 18.1. The van der Waals surface area contributed by atoms with Gasteiger partial charge in [-0.15, -0.1) is 0 Å². The molecule has 15 N–H and O–H groups in total. The first-order valence-corrected chi connectivity index (χ1v) is 24.6. The second-order valence-electron chi connectivity index (χ2n) is 16.4. The van der Waals surface area contributed by atoms with E-state index in [0.29, 0.717) is 22.8 Å². The number of aliphatic hydroxyl groups excluding tert-OH is 1. The molecule has 3 heterocycles. The standard InChI is InChI=1S/C41H63N15O11S3/c1-20(2)7-27(52-34(59)25(42)15-68)36(61)55-31(14-57)40(65)49-21(3)33(58)51-28(8-22-11-43-17-46-22)38(63)54-30(10-24-13-45-19-48-24)39(64)53-29(9-23-12-44-18-47-23)37(62)50-26(5-6-70-4)35(60)56-32(16-69)41(66)67/h11-13,17-21,25-32,57,68-69H,5-10,14-16,42H2,1-4H3,(H,43,46)(H,44,47)(H,45,48)(H,49,65)(H,50,62)(H,51,58)(H,52,59)(H,53,64)(H,54,63)(H,55,61)(H,56,60)(H,66,67)/t21-,25-,26-,27-,28-,29-,30-,31-,32-/m0/s1. The van der Waals surface area contributed by atoms with Gasteiger partial charge in [0.2, 0.25) is 47.3 Å². The average molecular weight is 1040 g/mol. The zero-order valence-electron chi connectivity index (χ0n) is 38.9. The van der Waals surface area contributed by atoms with Gasteiger partial charge in [-0.2, -0.15) is 37.0 Å². The predicted octanol–water partition coefficient (Wildman–Crippen LogP) is -4.15. The summed E-state index contributed by atoms with van der Waals surface area (Å²) >= 11 is 9.38. The number of nitrogens with zero attached hydrogens (tertiary/aromatic N) is 3. The van der Waals surface area contributed by atoms with E-state index in [4.69, 9.17) is 5.73 Å². The molecule has 26 nitrogen and oxygen atoms in total. The lowest BCUT2D eigenvalue weighted by Crippen LogP contribution is -2.61. The zero-order valence-corrected chi connectivity index (χ0v) is 41.5. The lowest BCUT2D eigenvalue weighted by molar-refractivity contribution is -0.141. The van der Waals surface area contributed by atoms with E-state index in [1.165, 1.54) is 56.3 Å². The normalized spacial score (nSPS) is 15.0. The fourth-order valence-corrected chi connectivity index (χ4v) is 7.35. The lowest BCUT2D eigenvalue weighted by Gasteiger charge is -2.27. The van der Waals surface area contributed by atoms with Gasteiger partial charge in [-0.1, -0.05) is 13.8 Å². The van der Waals surface area contributed by atoms with Crippen LogP contribution < -0.4 is 48.3 Å². The van der Waals surface area contributed by atoms with Crippen LogP contribution in [0.2, 0.25) is 0 Å². The molecule has 3 aromatic rings. The fraction of sp³-hybridized carbons (Fsp3) is 0.561. The van der Waals surface area contributed by atoms with Gasteiger partial charge in [0.05, 0.1) is 31.6 Å². The van der Waals surface area contributed by atoms with E-state index < -0.39 is 114 Å². The number of carbonyl (C=O) groups is 9. The maximum atomic E-state index is 14.3. The number of hydrogen-bond donors (Lipinski definition) is 16. The summed E-state index contributed by atoms with van der Waals surface area (Å²) in [5, 5.41) is 39.7. The average Bonchev–Trinajstić information content (AvgIpc) is 4.15. The summed E-state index contributed by atoms with van der Waals surface area (Å²) in [5.74, 6) is -7.93. The highest BCUT2D eigenvalue weighted by atomic mass is 32.2. The van der Waals surface area contributed by atoms with Crippen molar-refractivity contribution in [1.29, 1.82) is 0 Å². The summed E-state index contributed by atoms with van der Waals surface area (Å²) in [5.41, 5.74) is 6.93. The minimum Gasteiger partial charge on any atom is -0.480 e. The van der Waals surface area contributed by atoms with Crippen molar-refractivity contribution >= 4 is 90.2 Å². The first kappa shape index (κ1) is 58.1. The first-order chi connectivity index (χ1) is 33.3. The van der Waals surface area contributed by atoms with Gasteiger partial charge in [-0.25, -0.2) is 19.7 Å². The number of imidazole rings is 3. The number of amides is 8. The number of aromatic amines is 3. The number of carboxylic acids is 1. The summed E-state index contributed by atoms with van der Waals surface area (Å²) in [7, 11) is 0. The highest BCUT2D eigenvalue weighted by Gasteiger charge is 2.35. The molecule has 3 rings (SSSR count). The van der Waals surface area contributed by atoms with Crippen LogP contribution in [0.5, 0.6) is 0 Å². The molecule has 0 saturated heterocycles. The van der Waals surface area contributed by atoms with Crippen LogP contribution in [0, 0.1) is 5.92 Å². The van der Waals surface area contributed by atoms with Gasteiger partial charge in [0.25, 0.3) is 0 Å². The van der Waals surface area contributed by atoms with Gasteiger partial charge in [0.15, 0.2) is 0 Å². The second kappa shape index (κ2) is 29.8.